The van der Waals surface area contributed by atoms with Crippen LogP contribution >= 0.6 is 11.3 Å². The van der Waals surface area contributed by atoms with Gasteiger partial charge in [0.1, 0.15) is 0 Å². The molecule has 0 unspecified atom stereocenters. The first-order chi connectivity index (χ1) is 11.2. The first kappa shape index (κ1) is 18.0. The molecule has 0 spiro atoms. The van der Waals surface area contributed by atoms with E-state index in [2.05, 4.69) is 49.6 Å². The first-order valence-corrected chi connectivity index (χ1v) is 9.04. The van der Waals surface area contributed by atoms with Crippen molar-refractivity contribution in [3.63, 3.8) is 0 Å². The van der Waals surface area contributed by atoms with Crippen LogP contribution < -0.4 is 10.2 Å². The Labute approximate surface area is 143 Å². The van der Waals surface area contributed by atoms with Gasteiger partial charge in [0.15, 0.2) is 5.96 Å². The van der Waals surface area contributed by atoms with E-state index in [1.807, 2.05) is 18.4 Å². The number of hydrogen-bond acceptors (Lipinski definition) is 5. The third-order valence-corrected chi connectivity index (χ3v) is 4.99. The van der Waals surface area contributed by atoms with Gasteiger partial charge in [-0.2, -0.15) is 0 Å². The van der Waals surface area contributed by atoms with Crippen molar-refractivity contribution in [2.45, 2.75) is 0 Å². The number of anilines is 1. The molecule has 1 fully saturated rings. The zero-order valence-corrected chi connectivity index (χ0v) is 15.3. The quantitative estimate of drug-likeness (QED) is 0.594. The van der Waals surface area contributed by atoms with Crippen molar-refractivity contribution in [2.75, 3.05) is 78.5 Å². The molecule has 0 bridgehead atoms. The molecule has 0 aliphatic carbocycles. The molecule has 0 radical (unpaired) electrons. The van der Waals surface area contributed by atoms with Crippen LogP contribution in [0, 0.1) is 0 Å². The van der Waals surface area contributed by atoms with Crippen LogP contribution in [0.15, 0.2) is 22.5 Å². The number of likely N-dealkylation sites (N-methyl/N-ethyl adjacent to an activating group) is 1. The summed E-state index contributed by atoms with van der Waals surface area (Å²) < 4.78 is 5.10. The maximum Gasteiger partial charge on any atom is 0.193 e. The van der Waals surface area contributed by atoms with Gasteiger partial charge >= 0.3 is 0 Å². The molecule has 2 rings (SSSR count). The van der Waals surface area contributed by atoms with Gasteiger partial charge in [-0.1, -0.05) is 0 Å². The minimum Gasteiger partial charge on any atom is -0.383 e. The summed E-state index contributed by atoms with van der Waals surface area (Å²) >= 11 is 1.81. The fourth-order valence-electron chi connectivity index (χ4n) is 2.64. The van der Waals surface area contributed by atoms with Gasteiger partial charge in [0.25, 0.3) is 0 Å². The standard InChI is InChI=1S/C16H29N5OS/c1-17-16(18-6-7-19(2)12-13-22-3)21-10-8-20(9-11-21)15-5-4-14-23-15/h4-5,14H,6-13H2,1-3H3,(H,17,18). The highest BCUT2D eigenvalue weighted by molar-refractivity contribution is 7.14. The van der Waals surface area contributed by atoms with Gasteiger partial charge in [-0.05, 0) is 24.6 Å². The number of aliphatic imine (C=N–C) groups is 1. The second-order valence-electron chi connectivity index (χ2n) is 5.70. The monoisotopic (exact) mass is 339 g/mol. The second kappa shape index (κ2) is 9.75. The first-order valence-electron chi connectivity index (χ1n) is 8.16. The van der Waals surface area contributed by atoms with Crippen molar-refractivity contribution in [2.24, 2.45) is 4.99 Å². The zero-order chi connectivity index (χ0) is 16.5. The molecule has 1 aromatic rings. The molecule has 1 saturated heterocycles. The number of piperazine rings is 1. The van der Waals surface area contributed by atoms with Gasteiger partial charge in [-0.25, -0.2) is 0 Å². The SMILES string of the molecule is CN=C(NCCN(C)CCOC)N1CCN(c2cccs2)CC1. The van der Waals surface area contributed by atoms with E-state index in [4.69, 9.17) is 4.74 Å². The Kier molecular flexibility index (Phi) is 7.64. The van der Waals surface area contributed by atoms with E-state index < -0.39 is 0 Å². The number of hydrogen-bond donors (Lipinski definition) is 1. The third kappa shape index (κ3) is 5.67. The third-order valence-electron chi connectivity index (χ3n) is 4.06. The van der Waals surface area contributed by atoms with Gasteiger partial charge < -0.3 is 24.8 Å². The molecule has 0 saturated carbocycles. The number of ether oxygens (including phenoxy) is 1. The Morgan fingerprint density at radius 3 is 2.74 bits per heavy atom. The molecule has 0 amide bonds. The van der Waals surface area contributed by atoms with Gasteiger partial charge in [-0.15, -0.1) is 11.3 Å². The van der Waals surface area contributed by atoms with E-state index in [0.717, 1.165) is 58.4 Å². The minimum atomic E-state index is 0.774. The lowest BCUT2D eigenvalue weighted by molar-refractivity contribution is 0.162. The van der Waals surface area contributed by atoms with Crippen molar-refractivity contribution in [3.8, 4) is 0 Å². The Bertz CT molecular complexity index is 457. The normalized spacial score (nSPS) is 16.3. The molecular weight excluding hydrogens is 310 g/mol. The average molecular weight is 340 g/mol. The van der Waals surface area contributed by atoms with Crippen molar-refractivity contribution < 1.29 is 4.74 Å². The average Bonchev–Trinajstić information content (AvgIpc) is 3.12. The molecule has 23 heavy (non-hydrogen) atoms. The molecule has 130 valence electrons. The van der Waals surface area contributed by atoms with Gasteiger partial charge in [0.05, 0.1) is 11.6 Å². The molecule has 0 atom stereocenters. The second-order valence-corrected chi connectivity index (χ2v) is 6.62. The predicted molar refractivity (Wildman–Crippen MR) is 98.8 cm³/mol. The Morgan fingerprint density at radius 2 is 2.13 bits per heavy atom. The molecule has 2 heterocycles. The maximum absolute atomic E-state index is 5.10. The Morgan fingerprint density at radius 1 is 1.35 bits per heavy atom. The van der Waals surface area contributed by atoms with Crippen molar-refractivity contribution in [3.05, 3.63) is 17.5 Å². The van der Waals surface area contributed by atoms with Crippen LogP contribution in [0.5, 0.6) is 0 Å². The Balaban J connectivity index is 1.70. The smallest absolute Gasteiger partial charge is 0.193 e. The van der Waals surface area contributed by atoms with Crippen LogP contribution in [0.1, 0.15) is 0 Å². The van der Waals surface area contributed by atoms with Crippen molar-refractivity contribution in [1.82, 2.24) is 15.1 Å². The molecule has 7 heteroatoms. The molecular formula is C16H29N5OS. The molecule has 1 N–H and O–H groups in total. The van der Waals surface area contributed by atoms with E-state index in [-0.39, 0.29) is 0 Å². The van der Waals surface area contributed by atoms with E-state index >= 15 is 0 Å². The van der Waals surface area contributed by atoms with Crippen LogP contribution in [0.2, 0.25) is 0 Å². The highest BCUT2D eigenvalue weighted by Gasteiger charge is 2.20. The van der Waals surface area contributed by atoms with Crippen LogP contribution in [-0.2, 0) is 4.74 Å². The summed E-state index contributed by atoms with van der Waals surface area (Å²) in [5, 5.41) is 6.98. The van der Waals surface area contributed by atoms with E-state index in [1.165, 1.54) is 5.00 Å². The number of nitrogens with zero attached hydrogens (tertiary/aromatic N) is 4. The molecule has 6 nitrogen and oxygen atoms in total. The topological polar surface area (TPSA) is 43.3 Å². The van der Waals surface area contributed by atoms with Gasteiger partial charge in [-0.3, -0.25) is 4.99 Å². The summed E-state index contributed by atoms with van der Waals surface area (Å²) in [5.41, 5.74) is 0. The van der Waals surface area contributed by atoms with Crippen LogP contribution in [0.4, 0.5) is 5.00 Å². The number of methoxy groups -OCH3 is 1. The predicted octanol–water partition coefficient (Wildman–Crippen LogP) is 1.02. The molecule has 0 aromatic carbocycles. The van der Waals surface area contributed by atoms with Crippen LogP contribution in [0.25, 0.3) is 0 Å². The highest BCUT2D eigenvalue weighted by Crippen LogP contribution is 2.22. The summed E-state index contributed by atoms with van der Waals surface area (Å²) in [6.07, 6.45) is 0. The van der Waals surface area contributed by atoms with Crippen molar-refractivity contribution >= 4 is 22.3 Å². The number of thiophene rings is 1. The van der Waals surface area contributed by atoms with Gasteiger partial charge in [0.2, 0.25) is 0 Å². The van der Waals surface area contributed by atoms with E-state index in [1.54, 1.807) is 7.11 Å². The number of nitrogens with one attached hydrogen (secondary N) is 1. The number of rotatable bonds is 7. The Hall–Kier alpha value is -1.31. The van der Waals surface area contributed by atoms with Gasteiger partial charge in [0, 0.05) is 60.0 Å². The van der Waals surface area contributed by atoms with E-state index in [9.17, 15) is 0 Å². The fraction of sp³-hybridized carbons (Fsp3) is 0.688. The van der Waals surface area contributed by atoms with E-state index in [0.29, 0.717) is 0 Å². The molecule has 1 aromatic heterocycles. The van der Waals surface area contributed by atoms with Crippen molar-refractivity contribution in [1.29, 1.82) is 0 Å². The summed E-state index contributed by atoms with van der Waals surface area (Å²) in [5.74, 6) is 1.01. The highest BCUT2D eigenvalue weighted by atomic mass is 32.1. The zero-order valence-electron chi connectivity index (χ0n) is 14.5. The fourth-order valence-corrected chi connectivity index (χ4v) is 3.42. The van der Waals surface area contributed by atoms with Crippen LogP contribution in [0.3, 0.4) is 0 Å². The van der Waals surface area contributed by atoms with Crippen LogP contribution in [-0.4, -0.2) is 89.4 Å². The number of guanidine groups is 1. The maximum atomic E-state index is 5.10. The summed E-state index contributed by atoms with van der Waals surface area (Å²) in [7, 11) is 5.72. The summed E-state index contributed by atoms with van der Waals surface area (Å²) in [4.78, 5) is 11.5. The summed E-state index contributed by atoms with van der Waals surface area (Å²) in [6.45, 7) is 7.74. The lowest BCUT2D eigenvalue weighted by atomic mass is 10.3. The lowest BCUT2D eigenvalue weighted by Gasteiger charge is -2.37. The molecule has 1 aliphatic heterocycles. The minimum absolute atomic E-state index is 0.774. The largest absolute Gasteiger partial charge is 0.383 e. The lowest BCUT2D eigenvalue weighted by Crippen LogP contribution is -2.53. The molecule has 1 aliphatic rings. The summed E-state index contributed by atoms with van der Waals surface area (Å²) in [6, 6.07) is 4.32.